The van der Waals surface area contributed by atoms with Crippen molar-refractivity contribution in [1.82, 2.24) is 10.2 Å². The summed E-state index contributed by atoms with van der Waals surface area (Å²) in [4.78, 5) is 2.59. The molecule has 0 aromatic carbocycles. The van der Waals surface area contributed by atoms with Gasteiger partial charge in [0.2, 0.25) is 0 Å². The minimum Gasteiger partial charge on any atom is -0.317 e. The Balaban J connectivity index is 1.80. The van der Waals surface area contributed by atoms with Crippen LogP contribution in [0.5, 0.6) is 0 Å². The molecule has 1 fully saturated rings. The molecule has 3 heteroatoms. The van der Waals surface area contributed by atoms with E-state index in [1.807, 2.05) is 11.8 Å². The van der Waals surface area contributed by atoms with Crippen molar-refractivity contribution >= 4 is 11.8 Å². The van der Waals surface area contributed by atoms with E-state index in [4.69, 9.17) is 0 Å². The fraction of sp³-hybridized carbons (Fsp3) is 1.00. The molecule has 2 nitrogen and oxygen atoms in total. The molecular weight excluding hydrogens is 204 g/mol. The summed E-state index contributed by atoms with van der Waals surface area (Å²) in [5.41, 5.74) is 0. The number of hydrogen-bond donors (Lipinski definition) is 1. The highest BCUT2D eigenvalue weighted by Crippen LogP contribution is 2.08. The third-order valence-corrected chi connectivity index (χ3v) is 4.20. The van der Waals surface area contributed by atoms with Crippen LogP contribution < -0.4 is 5.32 Å². The lowest BCUT2D eigenvalue weighted by molar-refractivity contribution is 0.331. The summed E-state index contributed by atoms with van der Waals surface area (Å²) in [7, 11) is 0. The first-order valence-corrected chi connectivity index (χ1v) is 7.57. The van der Waals surface area contributed by atoms with Crippen LogP contribution in [0.15, 0.2) is 0 Å². The molecule has 1 unspecified atom stereocenters. The lowest BCUT2D eigenvalue weighted by atomic mass is 10.3. The molecule has 1 rings (SSSR count). The van der Waals surface area contributed by atoms with Crippen molar-refractivity contribution in [3.8, 4) is 0 Å². The smallest absolute Gasteiger partial charge is 0.00280 e. The van der Waals surface area contributed by atoms with E-state index < -0.39 is 0 Å². The average Bonchev–Trinajstić information content (AvgIpc) is 2.75. The molecule has 1 saturated heterocycles. The van der Waals surface area contributed by atoms with Gasteiger partial charge in [0, 0.05) is 5.25 Å². The van der Waals surface area contributed by atoms with Crippen LogP contribution in [-0.4, -0.2) is 49.1 Å². The van der Waals surface area contributed by atoms with Crippen molar-refractivity contribution in [2.75, 3.05) is 39.0 Å². The van der Waals surface area contributed by atoms with Crippen molar-refractivity contribution in [2.45, 2.75) is 37.9 Å². The first kappa shape index (κ1) is 13.3. The maximum atomic E-state index is 3.53. The van der Waals surface area contributed by atoms with Gasteiger partial charge in [0.15, 0.2) is 0 Å². The Kier molecular flexibility index (Phi) is 7.49. The minimum absolute atomic E-state index is 0.802. The molecule has 0 amide bonds. The number of hydrogen-bond acceptors (Lipinski definition) is 3. The van der Waals surface area contributed by atoms with Gasteiger partial charge in [-0.3, -0.25) is 0 Å². The Bertz CT molecular complexity index is 147. The minimum atomic E-state index is 0.802. The fourth-order valence-corrected chi connectivity index (χ4v) is 2.34. The van der Waals surface area contributed by atoms with E-state index in [0.29, 0.717) is 0 Å². The Morgan fingerprint density at radius 2 is 2.00 bits per heavy atom. The molecule has 1 heterocycles. The average molecular weight is 230 g/mol. The number of nitrogens with zero attached hydrogens (tertiary/aromatic N) is 1. The Morgan fingerprint density at radius 1 is 1.27 bits per heavy atom. The van der Waals surface area contributed by atoms with E-state index in [1.165, 1.54) is 58.4 Å². The van der Waals surface area contributed by atoms with E-state index in [9.17, 15) is 0 Å². The van der Waals surface area contributed by atoms with Crippen LogP contribution in [0, 0.1) is 0 Å². The van der Waals surface area contributed by atoms with Crippen molar-refractivity contribution < 1.29 is 0 Å². The summed E-state index contributed by atoms with van der Waals surface area (Å²) in [6.07, 6.45) is 7.63. The number of thioether (sulfide) groups is 1. The van der Waals surface area contributed by atoms with Crippen LogP contribution >= 0.6 is 11.8 Å². The second-order valence-corrected chi connectivity index (χ2v) is 5.76. The van der Waals surface area contributed by atoms with Crippen LogP contribution in [0.4, 0.5) is 0 Å². The first-order valence-electron chi connectivity index (χ1n) is 6.29. The summed E-state index contributed by atoms with van der Waals surface area (Å²) < 4.78 is 0. The van der Waals surface area contributed by atoms with Gasteiger partial charge in [0.05, 0.1) is 0 Å². The molecule has 15 heavy (non-hydrogen) atoms. The normalized spacial score (nSPS) is 19.6. The first-order chi connectivity index (χ1) is 7.33. The highest BCUT2D eigenvalue weighted by atomic mass is 32.2. The maximum Gasteiger partial charge on any atom is 0.00280 e. The molecule has 0 radical (unpaired) electrons. The molecule has 1 aliphatic rings. The van der Waals surface area contributed by atoms with Gasteiger partial charge < -0.3 is 10.2 Å². The molecular formula is C12H26N2S. The Morgan fingerprint density at radius 3 is 2.67 bits per heavy atom. The van der Waals surface area contributed by atoms with Gasteiger partial charge >= 0.3 is 0 Å². The van der Waals surface area contributed by atoms with Crippen molar-refractivity contribution in [2.24, 2.45) is 0 Å². The van der Waals surface area contributed by atoms with Gasteiger partial charge in [-0.05, 0) is 64.7 Å². The Hall–Kier alpha value is 0.270. The second kappa shape index (κ2) is 8.43. The van der Waals surface area contributed by atoms with Crippen LogP contribution in [0.1, 0.15) is 32.6 Å². The SMILES string of the molecule is CSC(C)CCNCCCN1CCCC1. The van der Waals surface area contributed by atoms with Crippen molar-refractivity contribution in [1.29, 1.82) is 0 Å². The highest BCUT2D eigenvalue weighted by molar-refractivity contribution is 7.99. The van der Waals surface area contributed by atoms with Crippen LogP contribution in [0.25, 0.3) is 0 Å². The summed E-state index contributed by atoms with van der Waals surface area (Å²) in [5, 5.41) is 4.34. The van der Waals surface area contributed by atoms with Crippen LogP contribution in [0.3, 0.4) is 0 Å². The summed E-state index contributed by atoms with van der Waals surface area (Å²) >= 11 is 1.96. The topological polar surface area (TPSA) is 15.3 Å². The quantitative estimate of drug-likeness (QED) is 0.644. The molecule has 0 saturated carbocycles. The monoisotopic (exact) mass is 230 g/mol. The Labute approximate surface area is 99.2 Å². The summed E-state index contributed by atoms with van der Waals surface area (Å²) in [5.74, 6) is 0. The summed E-state index contributed by atoms with van der Waals surface area (Å²) in [6.45, 7) is 8.65. The molecule has 1 atom stereocenters. The predicted molar refractivity (Wildman–Crippen MR) is 70.8 cm³/mol. The number of rotatable bonds is 8. The van der Waals surface area contributed by atoms with Crippen LogP contribution in [0.2, 0.25) is 0 Å². The highest BCUT2D eigenvalue weighted by Gasteiger charge is 2.09. The van der Waals surface area contributed by atoms with E-state index in [0.717, 1.165) is 5.25 Å². The van der Waals surface area contributed by atoms with Gasteiger partial charge in [-0.25, -0.2) is 0 Å². The van der Waals surface area contributed by atoms with Crippen molar-refractivity contribution in [3.63, 3.8) is 0 Å². The van der Waals surface area contributed by atoms with E-state index >= 15 is 0 Å². The molecule has 0 aliphatic carbocycles. The third-order valence-electron chi connectivity index (χ3n) is 3.16. The van der Waals surface area contributed by atoms with Gasteiger partial charge in [-0.1, -0.05) is 6.92 Å². The fourth-order valence-electron chi connectivity index (χ4n) is 1.98. The lowest BCUT2D eigenvalue weighted by Gasteiger charge is -2.14. The zero-order chi connectivity index (χ0) is 10.9. The second-order valence-electron chi connectivity index (χ2n) is 4.49. The number of likely N-dealkylation sites (tertiary alicyclic amines) is 1. The van der Waals surface area contributed by atoms with Crippen LogP contribution in [-0.2, 0) is 0 Å². The zero-order valence-corrected chi connectivity index (χ0v) is 11.1. The number of nitrogens with one attached hydrogen (secondary N) is 1. The third kappa shape index (κ3) is 6.44. The molecule has 0 bridgehead atoms. The molecule has 0 spiro atoms. The van der Waals surface area contributed by atoms with Gasteiger partial charge in [0.1, 0.15) is 0 Å². The molecule has 1 N–H and O–H groups in total. The molecule has 0 aromatic rings. The van der Waals surface area contributed by atoms with Gasteiger partial charge in [-0.2, -0.15) is 11.8 Å². The summed E-state index contributed by atoms with van der Waals surface area (Å²) in [6, 6.07) is 0. The van der Waals surface area contributed by atoms with Gasteiger partial charge in [0.25, 0.3) is 0 Å². The molecule has 90 valence electrons. The maximum absolute atomic E-state index is 3.53. The molecule has 1 aliphatic heterocycles. The standard InChI is InChI=1S/C12H26N2S/c1-12(15-2)6-8-13-7-5-11-14-9-3-4-10-14/h12-13H,3-11H2,1-2H3. The van der Waals surface area contributed by atoms with Crippen molar-refractivity contribution in [3.05, 3.63) is 0 Å². The molecule has 0 aromatic heterocycles. The predicted octanol–water partition coefficient (Wildman–Crippen LogP) is 2.20. The van der Waals surface area contributed by atoms with E-state index in [-0.39, 0.29) is 0 Å². The van der Waals surface area contributed by atoms with E-state index in [2.05, 4.69) is 23.4 Å². The lowest BCUT2D eigenvalue weighted by Crippen LogP contribution is -2.26. The zero-order valence-electron chi connectivity index (χ0n) is 10.3. The largest absolute Gasteiger partial charge is 0.317 e. The van der Waals surface area contributed by atoms with Gasteiger partial charge in [-0.15, -0.1) is 0 Å². The van der Waals surface area contributed by atoms with E-state index in [1.54, 1.807) is 0 Å².